The molecule has 0 saturated carbocycles. The first-order valence-electron chi connectivity index (χ1n) is 4.60. The van der Waals surface area contributed by atoms with Gasteiger partial charge in [-0.2, -0.15) is 0 Å². The van der Waals surface area contributed by atoms with Crippen LogP contribution in [-0.2, 0) is 9.59 Å². The molecule has 0 spiro atoms. The van der Waals surface area contributed by atoms with Gasteiger partial charge >= 0.3 is 11.9 Å². The van der Waals surface area contributed by atoms with Crippen LogP contribution in [0.2, 0.25) is 0 Å². The van der Waals surface area contributed by atoms with E-state index in [2.05, 4.69) is 0 Å². The molecule has 0 fully saturated rings. The van der Waals surface area contributed by atoms with Gasteiger partial charge in [-0.05, 0) is 18.8 Å². The molecule has 2 N–H and O–H groups in total. The number of carboxylic acid groups (broad SMARTS) is 2. The van der Waals surface area contributed by atoms with Crippen molar-refractivity contribution in [3.63, 3.8) is 0 Å². The Kier molecular flexibility index (Phi) is 5.60. The van der Waals surface area contributed by atoms with Crippen LogP contribution in [0.1, 0.15) is 33.1 Å². The van der Waals surface area contributed by atoms with Crippen LogP contribution < -0.4 is 0 Å². The zero-order valence-electron chi connectivity index (χ0n) is 8.49. The fraction of sp³-hybridized carbons (Fsp3) is 0.600. The molecule has 0 amide bonds. The highest BCUT2D eigenvalue weighted by Gasteiger charge is 2.09. The first kappa shape index (κ1) is 12.7. The van der Waals surface area contributed by atoms with Gasteiger partial charge in [0.1, 0.15) is 0 Å². The van der Waals surface area contributed by atoms with Gasteiger partial charge in [0.05, 0.1) is 0 Å². The lowest BCUT2D eigenvalue weighted by Crippen LogP contribution is -2.04. The summed E-state index contributed by atoms with van der Waals surface area (Å²) in [6.07, 6.45) is 2.70. The van der Waals surface area contributed by atoms with E-state index in [-0.39, 0.29) is 5.57 Å². The van der Waals surface area contributed by atoms with Gasteiger partial charge in [-0.15, -0.1) is 0 Å². The Hall–Kier alpha value is -1.32. The Morgan fingerprint density at radius 3 is 2.21 bits per heavy atom. The molecular weight excluding hydrogens is 184 g/mol. The van der Waals surface area contributed by atoms with E-state index < -0.39 is 11.9 Å². The lowest BCUT2D eigenvalue weighted by atomic mass is 10.0. The van der Waals surface area contributed by atoms with Crippen molar-refractivity contribution in [2.24, 2.45) is 5.92 Å². The summed E-state index contributed by atoms with van der Waals surface area (Å²) in [7, 11) is 0. The summed E-state index contributed by atoms with van der Waals surface area (Å²) in [5.41, 5.74) is -0.0295. The molecule has 80 valence electrons. The number of carbonyl (C=O) groups is 2. The predicted molar refractivity (Wildman–Crippen MR) is 52.0 cm³/mol. The van der Waals surface area contributed by atoms with E-state index in [4.69, 9.17) is 10.2 Å². The summed E-state index contributed by atoms with van der Waals surface area (Å²) in [6.45, 7) is 4.09. The number of rotatable bonds is 6. The van der Waals surface area contributed by atoms with Crippen LogP contribution in [-0.4, -0.2) is 22.2 Å². The Morgan fingerprint density at radius 2 is 1.86 bits per heavy atom. The first-order valence-corrected chi connectivity index (χ1v) is 4.60. The third kappa shape index (κ3) is 6.22. The molecule has 0 aromatic rings. The fourth-order valence-electron chi connectivity index (χ4n) is 1.09. The molecule has 0 bridgehead atoms. The highest BCUT2D eigenvalue weighted by atomic mass is 16.4. The van der Waals surface area contributed by atoms with Crippen LogP contribution in [0.15, 0.2) is 11.6 Å². The standard InChI is InChI=1S/C10H16O4/c1-7(2)4-3-5-8(10(13)14)6-9(11)12/h6-7H,3-5H2,1-2H3,(H,11,12)(H,13,14). The predicted octanol–water partition coefficient (Wildman–Crippen LogP) is 1.91. The molecule has 0 rings (SSSR count). The van der Waals surface area contributed by atoms with Gasteiger partial charge in [-0.25, -0.2) is 9.59 Å². The van der Waals surface area contributed by atoms with Crippen molar-refractivity contribution in [1.82, 2.24) is 0 Å². The van der Waals surface area contributed by atoms with E-state index in [0.29, 0.717) is 18.8 Å². The summed E-state index contributed by atoms with van der Waals surface area (Å²) >= 11 is 0. The van der Waals surface area contributed by atoms with Crippen molar-refractivity contribution in [2.75, 3.05) is 0 Å². The van der Waals surface area contributed by atoms with E-state index in [1.165, 1.54) is 0 Å². The molecule has 4 nitrogen and oxygen atoms in total. The number of hydrogen-bond acceptors (Lipinski definition) is 2. The van der Waals surface area contributed by atoms with E-state index >= 15 is 0 Å². The Labute approximate surface area is 83.2 Å². The number of aliphatic carboxylic acids is 2. The number of hydrogen-bond donors (Lipinski definition) is 2. The number of carboxylic acids is 2. The van der Waals surface area contributed by atoms with E-state index in [0.717, 1.165) is 12.5 Å². The normalized spacial score (nSPS) is 11.8. The van der Waals surface area contributed by atoms with Gasteiger partial charge in [-0.1, -0.05) is 20.3 Å². The minimum atomic E-state index is -1.20. The van der Waals surface area contributed by atoms with E-state index in [1.807, 2.05) is 13.8 Å². The highest BCUT2D eigenvalue weighted by molar-refractivity contribution is 5.94. The zero-order valence-corrected chi connectivity index (χ0v) is 8.49. The molecule has 0 atom stereocenters. The maximum Gasteiger partial charge on any atom is 0.331 e. The lowest BCUT2D eigenvalue weighted by Gasteiger charge is -2.04. The molecule has 0 aromatic heterocycles. The third-order valence-electron chi connectivity index (χ3n) is 1.80. The minimum absolute atomic E-state index is 0.0295. The fourth-order valence-corrected chi connectivity index (χ4v) is 1.09. The van der Waals surface area contributed by atoms with Gasteiger partial charge in [0.2, 0.25) is 0 Å². The molecule has 0 saturated heterocycles. The average molecular weight is 200 g/mol. The smallest absolute Gasteiger partial charge is 0.331 e. The van der Waals surface area contributed by atoms with Gasteiger partial charge in [0.15, 0.2) is 0 Å². The van der Waals surface area contributed by atoms with Gasteiger partial charge in [0, 0.05) is 11.6 Å². The summed E-state index contributed by atoms with van der Waals surface area (Å²) in [4.78, 5) is 20.9. The molecule has 4 heteroatoms. The molecule has 14 heavy (non-hydrogen) atoms. The lowest BCUT2D eigenvalue weighted by molar-refractivity contribution is -0.135. The van der Waals surface area contributed by atoms with Crippen molar-refractivity contribution < 1.29 is 19.8 Å². The topological polar surface area (TPSA) is 74.6 Å². The molecule has 0 unspecified atom stereocenters. The quantitative estimate of drug-likeness (QED) is 0.642. The second kappa shape index (κ2) is 6.18. The van der Waals surface area contributed by atoms with Crippen LogP contribution in [0, 0.1) is 5.92 Å². The second-order valence-corrected chi connectivity index (χ2v) is 3.60. The van der Waals surface area contributed by atoms with Gasteiger partial charge in [0.25, 0.3) is 0 Å². The highest BCUT2D eigenvalue weighted by Crippen LogP contribution is 2.12. The molecular formula is C10H16O4. The molecule has 0 aliphatic carbocycles. The summed E-state index contributed by atoms with van der Waals surface area (Å²) in [6, 6.07) is 0. The van der Waals surface area contributed by atoms with Gasteiger partial charge in [-0.3, -0.25) is 0 Å². The van der Waals surface area contributed by atoms with E-state index in [1.54, 1.807) is 0 Å². The van der Waals surface area contributed by atoms with Crippen molar-refractivity contribution in [2.45, 2.75) is 33.1 Å². The van der Waals surface area contributed by atoms with Crippen LogP contribution in [0.4, 0.5) is 0 Å². The molecule has 0 heterocycles. The van der Waals surface area contributed by atoms with Crippen molar-refractivity contribution in [1.29, 1.82) is 0 Å². The monoisotopic (exact) mass is 200 g/mol. The molecule has 0 aliphatic rings. The Bertz CT molecular complexity index is 241. The largest absolute Gasteiger partial charge is 0.478 e. The third-order valence-corrected chi connectivity index (χ3v) is 1.80. The molecule has 0 aliphatic heterocycles. The maximum atomic E-state index is 10.6. The van der Waals surface area contributed by atoms with Crippen molar-refractivity contribution >= 4 is 11.9 Å². The first-order chi connectivity index (χ1) is 6.43. The molecule has 0 aromatic carbocycles. The Balaban J connectivity index is 4.12. The van der Waals surface area contributed by atoms with E-state index in [9.17, 15) is 9.59 Å². The summed E-state index contributed by atoms with van der Waals surface area (Å²) < 4.78 is 0. The van der Waals surface area contributed by atoms with Gasteiger partial charge < -0.3 is 10.2 Å². The minimum Gasteiger partial charge on any atom is -0.478 e. The zero-order chi connectivity index (χ0) is 11.1. The SMILES string of the molecule is CC(C)CCCC(=CC(=O)O)C(=O)O. The Morgan fingerprint density at radius 1 is 1.29 bits per heavy atom. The summed E-state index contributed by atoms with van der Waals surface area (Å²) in [5, 5.41) is 17.1. The van der Waals surface area contributed by atoms with Crippen LogP contribution in [0.3, 0.4) is 0 Å². The van der Waals surface area contributed by atoms with Crippen LogP contribution in [0.5, 0.6) is 0 Å². The molecule has 0 radical (unpaired) electrons. The van der Waals surface area contributed by atoms with Crippen molar-refractivity contribution in [3.05, 3.63) is 11.6 Å². The van der Waals surface area contributed by atoms with Crippen LogP contribution in [0.25, 0.3) is 0 Å². The average Bonchev–Trinajstić information content (AvgIpc) is 2.00. The van der Waals surface area contributed by atoms with Crippen LogP contribution >= 0.6 is 0 Å². The van der Waals surface area contributed by atoms with Crippen molar-refractivity contribution in [3.8, 4) is 0 Å². The maximum absolute atomic E-state index is 10.6. The summed E-state index contributed by atoms with van der Waals surface area (Å²) in [5.74, 6) is -1.84. The second-order valence-electron chi connectivity index (χ2n) is 3.60.